The number of aryl methyl sites for hydroxylation is 1. The molecule has 0 spiro atoms. The highest BCUT2D eigenvalue weighted by molar-refractivity contribution is 5.99. The summed E-state index contributed by atoms with van der Waals surface area (Å²) in [6.45, 7) is 1.36. The summed E-state index contributed by atoms with van der Waals surface area (Å²) in [6, 6.07) is 6.32. The summed E-state index contributed by atoms with van der Waals surface area (Å²) >= 11 is 0. The van der Waals surface area contributed by atoms with Gasteiger partial charge < -0.3 is 26.0 Å². The van der Waals surface area contributed by atoms with E-state index in [1.54, 1.807) is 13.1 Å². The summed E-state index contributed by atoms with van der Waals surface area (Å²) in [7, 11) is 1.68. The molecule has 4 N–H and O–H groups in total. The summed E-state index contributed by atoms with van der Waals surface area (Å²) in [6.07, 6.45) is -0.341. The van der Waals surface area contributed by atoms with E-state index in [2.05, 4.69) is 31.2 Å². The topological polar surface area (TPSA) is 117 Å². The first-order valence-corrected chi connectivity index (χ1v) is 11.9. The summed E-state index contributed by atoms with van der Waals surface area (Å²) in [5.41, 5.74) is -1.39. The minimum absolute atomic E-state index is 0.00210. The summed E-state index contributed by atoms with van der Waals surface area (Å²) in [5, 5.41) is 10.7. The van der Waals surface area contributed by atoms with Crippen molar-refractivity contribution in [2.45, 2.75) is 31.6 Å². The Morgan fingerprint density at radius 2 is 1.90 bits per heavy atom. The molecule has 0 aliphatic carbocycles. The Hall–Kier alpha value is -4.26. The van der Waals surface area contributed by atoms with Crippen LogP contribution in [0.15, 0.2) is 48.9 Å². The van der Waals surface area contributed by atoms with Crippen LogP contribution in [0.4, 0.5) is 34.6 Å². The standard InChI is InChI=1S/C26H26F4N6O3/c1-15-3-4-21(19(7-15)26(28,29)30)35-18-9-20(27)22(33-12-18)13-34-24(38)25(5-6-39-14-25)36-23(37)16-8-17(31-2)11-32-10-16/h3-4,7-12,31,35H,5-6,13-14H2,1-2H3,(H,34,38)(H,36,37)/t25-/m0/s1. The normalized spacial score (nSPS) is 17.0. The third-order valence-electron chi connectivity index (χ3n) is 6.19. The number of nitrogens with zero attached hydrogens (tertiary/aromatic N) is 2. The Bertz CT molecular complexity index is 1380. The average Bonchev–Trinajstić information content (AvgIpc) is 3.38. The second-order valence-corrected chi connectivity index (χ2v) is 9.06. The number of benzene rings is 1. The van der Waals surface area contributed by atoms with Crippen molar-refractivity contribution in [2.75, 3.05) is 30.9 Å². The Morgan fingerprint density at radius 3 is 2.56 bits per heavy atom. The van der Waals surface area contributed by atoms with Gasteiger partial charge in [0.1, 0.15) is 11.4 Å². The largest absolute Gasteiger partial charge is 0.418 e. The minimum Gasteiger partial charge on any atom is -0.387 e. The predicted molar refractivity (Wildman–Crippen MR) is 135 cm³/mol. The van der Waals surface area contributed by atoms with Crippen LogP contribution in [0, 0.1) is 12.7 Å². The molecule has 2 amide bonds. The molecule has 0 bridgehead atoms. The van der Waals surface area contributed by atoms with Crippen molar-refractivity contribution < 1.29 is 31.9 Å². The number of nitrogens with one attached hydrogen (secondary N) is 4. The maximum absolute atomic E-state index is 14.8. The van der Waals surface area contributed by atoms with Crippen LogP contribution in [-0.2, 0) is 22.3 Å². The van der Waals surface area contributed by atoms with Crippen molar-refractivity contribution in [2.24, 2.45) is 0 Å². The van der Waals surface area contributed by atoms with Gasteiger partial charge in [0, 0.05) is 38.5 Å². The van der Waals surface area contributed by atoms with Crippen LogP contribution in [0.3, 0.4) is 0 Å². The van der Waals surface area contributed by atoms with Crippen molar-refractivity contribution >= 4 is 28.9 Å². The fourth-order valence-electron chi connectivity index (χ4n) is 4.04. The van der Waals surface area contributed by atoms with Crippen molar-refractivity contribution in [1.29, 1.82) is 0 Å². The first-order chi connectivity index (χ1) is 18.5. The number of hydrogen-bond donors (Lipinski definition) is 4. The Labute approximate surface area is 221 Å². The van der Waals surface area contributed by atoms with E-state index in [1.165, 1.54) is 37.6 Å². The predicted octanol–water partition coefficient (Wildman–Crippen LogP) is 3.93. The second kappa shape index (κ2) is 11.2. The number of aromatic nitrogens is 2. The van der Waals surface area contributed by atoms with Gasteiger partial charge in [-0.25, -0.2) is 4.39 Å². The van der Waals surface area contributed by atoms with Gasteiger partial charge in [0.05, 0.1) is 53.2 Å². The fraction of sp³-hybridized carbons (Fsp3) is 0.308. The number of amides is 2. The lowest BCUT2D eigenvalue weighted by molar-refractivity contribution is -0.137. The van der Waals surface area contributed by atoms with Crippen LogP contribution in [0.25, 0.3) is 0 Å². The first kappa shape index (κ1) is 27.8. The smallest absolute Gasteiger partial charge is 0.387 e. The molecule has 1 aromatic carbocycles. The monoisotopic (exact) mass is 546 g/mol. The molecule has 1 atom stereocenters. The molecule has 4 rings (SSSR count). The van der Waals surface area contributed by atoms with E-state index in [9.17, 15) is 27.2 Å². The molecule has 3 aromatic rings. The SMILES string of the molecule is CNc1cncc(C(=O)N[C@@]2(C(=O)NCc3ncc(Nc4ccc(C)cc4C(F)(F)F)cc3F)CCOC2)c1. The molecule has 39 heavy (non-hydrogen) atoms. The molecule has 1 aliphatic heterocycles. The number of anilines is 3. The van der Waals surface area contributed by atoms with Gasteiger partial charge in [0.25, 0.3) is 5.91 Å². The van der Waals surface area contributed by atoms with Crippen molar-refractivity contribution in [3.05, 3.63) is 77.1 Å². The molecule has 1 saturated heterocycles. The number of ether oxygens (including phenoxy) is 1. The number of halogens is 4. The minimum atomic E-state index is -4.61. The number of rotatable bonds is 8. The highest BCUT2D eigenvalue weighted by Crippen LogP contribution is 2.36. The van der Waals surface area contributed by atoms with Crippen LogP contribution >= 0.6 is 0 Å². The van der Waals surface area contributed by atoms with Gasteiger partial charge in [-0.3, -0.25) is 19.6 Å². The molecule has 206 valence electrons. The number of pyridine rings is 2. The summed E-state index contributed by atoms with van der Waals surface area (Å²) in [4.78, 5) is 33.9. The molecule has 0 radical (unpaired) electrons. The van der Waals surface area contributed by atoms with Gasteiger partial charge in [0.2, 0.25) is 5.91 Å². The molecule has 1 aliphatic rings. The Morgan fingerprint density at radius 1 is 1.10 bits per heavy atom. The van der Waals surface area contributed by atoms with Gasteiger partial charge in [-0.1, -0.05) is 11.6 Å². The van der Waals surface area contributed by atoms with E-state index in [0.29, 0.717) is 11.3 Å². The van der Waals surface area contributed by atoms with Crippen molar-refractivity contribution in [3.63, 3.8) is 0 Å². The molecule has 9 nitrogen and oxygen atoms in total. The molecule has 0 saturated carbocycles. The van der Waals surface area contributed by atoms with Crippen molar-refractivity contribution in [3.8, 4) is 0 Å². The molecule has 2 aromatic heterocycles. The third kappa shape index (κ3) is 6.42. The van der Waals surface area contributed by atoms with E-state index in [4.69, 9.17) is 4.74 Å². The summed E-state index contributed by atoms with van der Waals surface area (Å²) in [5.74, 6) is -1.96. The van der Waals surface area contributed by atoms with Crippen LogP contribution in [-0.4, -0.2) is 47.6 Å². The van der Waals surface area contributed by atoms with E-state index < -0.39 is 34.9 Å². The zero-order valence-electron chi connectivity index (χ0n) is 21.1. The van der Waals surface area contributed by atoms with Gasteiger partial charge in [-0.05, 0) is 25.1 Å². The summed E-state index contributed by atoms with van der Waals surface area (Å²) < 4.78 is 60.4. The van der Waals surface area contributed by atoms with Gasteiger partial charge in [-0.15, -0.1) is 0 Å². The molecular weight excluding hydrogens is 520 g/mol. The molecule has 1 fully saturated rings. The lowest BCUT2D eigenvalue weighted by atomic mass is 9.96. The van der Waals surface area contributed by atoms with Gasteiger partial charge >= 0.3 is 6.18 Å². The highest BCUT2D eigenvalue weighted by atomic mass is 19.4. The average molecular weight is 547 g/mol. The van der Waals surface area contributed by atoms with E-state index in [0.717, 1.165) is 12.1 Å². The molecule has 13 heteroatoms. The van der Waals surface area contributed by atoms with Crippen molar-refractivity contribution in [1.82, 2.24) is 20.6 Å². The fourth-order valence-corrected chi connectivity index (χ4v) is 4.04. The molecular formula is C26H26F4N6O3. The van der Waals surface area contributed by atoms with Gasteiger partial charge in [0.15, 0.2) is 0 Å². The zero-order chi connectivity index (χ0) is 28.2. The van der Waals surface area contributed by atoms with Gasteiger partial charge in [-0.2, -0.15) is 13.2 Å². The van der Waals surface area contributed by atoms with Crippen LogP contribution < -0.4 is 21.3 Å². The van der Waals surface area contributed by atoms with E-state index in [1.807, 2.05) is 0 Å². The quantitative estimate of drug-likeness (QED) is 0.316. The molecule has 0 unspecified atom stereocenters. The zero-order valence-corrected chi connectivity index (χ0v) is 21.1. The highest BCUT2D eigenvalue weighted by Gasteiger charge is 2.44. The maximum Gasteiger partial charge on any atom is 0.418 e. The second-order valence-electron chi connectivity index (χ2n) is 9.06. The van der Waals surface area contributed by atoms with E-state index in [-0.39, 0.29) is 48.8 Å². The first-order valence-electron chi connectivity index (χ1n) is 11.9. The lowest BCUT2D eigenvalue weighted by Gasteiger charge is -2.27. The maximum atomic E-state index is 14.8. The Balaban J connectivity index is 1.44. The Kier molecular flexibility index (Phi) is 8.00. The third-order valence-corrected chi connectivity index (χ3v) is 6.19. The van der Waals surface area contributed by atoms with Crippen LogP contribution in [0.5, 0.6) is 0 Å². The van der Waals surface area contributed by atoms with Crippen LogP contribution in [0.2, 0.25) is 0 Å². The number of carbonyl (C=O) groups is 2. The molecule has 3 heterocycles. The number of alkyl halides is 3. The van der Waals surface area contributed by atoms with E-state index >= 15 is 0 Å². The number of carbonyl (C=O) groups excluding carboxylic acids is 2. The van der Waals surface area contributed by atoms with Crippen LogP contribution in [0.1, 0.15) is 33.6 Å². The lowest BCUT2D eigenvalue weighted by Crippen LogP contribution is -2.59. The number of hydrogen-bond acceptors (Lipinski definition) is 7.